The highest BCUT2D eigenvalue weighted by Gasteiger charge is 2.16. The van der Waals surface area contributed by atoms with E-state index in [9.17, 15) is 14.9 Å². The molecule has 0 saturated heterocycles. The molecule has 6 nitrogen and oxygen atoms in total. The van der Waals surface area contributed by atoms with Gasteiger partial charge in [-0.25, -0.2) is 4.79 Å². The van der Waals surface area contributed by atoms with E-state index in [1.54, 1.807) is 68.8 Å². The van der Waals surface area contributed by atoms with Crippen LogP contribution in [0.4, 0.5) is 5.69 Å². The molecule has 6 heteroatoms. The summed E-state index contributed by atoms with van der Waals surface area (Å²) in [6.45, 7) is -0.453. The highest BCUT2D eigenvalue weighted by Crippen LogP contribution is 2.15. The fourth-order valence-corrected chi connectivity index (χ4v) is 2.10. The third kappa shape index (κ3) is 4.95. The van der Waals surface area contributed by atoms with Gasteiger partial charge in [0.2, 0.25) is 0 Å². The van der Waals surface area contributed by atoms with E-state index in [4.69, 9.17) is 9.47 Å². The van der Waals surface area contributed by atoms with Crippen LogP contribution < -0.4 is 9.64 Å². The van der Waals surface area contributed by atoms with Crippen molar-refractivity contribution in [2.75, 3.05) is 25.7 Å². The summed E-state index contributed by atoms with van der Waals surface area (Å²) in [6.07, 6.45) is 1.40. The number of hydrogen-bond acceptors (Lipinski definition) is 5. The second kappa shape index (κ2) is 9.04. The number of anilines is 1. The molecule has 0 atom stereocenters. The van der Waals surface area contributed by atoms with Crippen molar-refractivity contribution in [3.63, 3.8) is 0 Å². The molecule has 2 aromatic carbocycles. The van der Waals surface area contributed by atoms with Gasteiger partial charge in [0.15, 0.2) is 6.61 Å². The van der Waals surface area contributed by atoms with E-state index in [2.05, 4.69) is 0 Å². The van der Waals surface area contributed by atoms with E-state index in [0.29, 0.717) is 17.0 Å². The molecule has 0 aliphatic heterocycles. The Bertz CT molecular complexity index is 836. The lowest BCUT2D eigenvalue weighted by molar-refractivity contribution is -0.143. The lowest BCUT2D eigenvalue weighted by atomic mass is 10.1. The Morgan fingerprint density at radius 3 is 2.35 bits per heavy atom. The van der Waals surface area contributed by atoms with Gasteiger partial charge in [-0.2, -0.15) is 5.26 Å². The number of amides is 1. The van der Waals surface area contributed by atoms with Gasteiger partial charge in [-0.05, 0) is 35.9 Å². The smallest absolute Gasteiger partial charge is 0.349 e. The largest absolute Gasteiger partial charge is 0.497 e. The quantitative estimate of drug-likeness (QED) is 0.455. The molecule has 0 aliphatic carbocycles. The summed E-state index contributed by atoms with van der Waals surface area (Å²) in [5.41, 5.74) is 1.14. The van der Waals surface area contributed by atoms with Crippen molar-refractivity contribution in [1.29, 1.82) is 5.26 Å². The molecular weight excluding hydrogens is 332 g/mol. The summed E-state index contributed by atoms with van der Waals surface area (Å²) in [7, 11) is 3.14. The van der Waals surface area contributed by atoms with Crippen LogP contribution in [0.25, 0.3) is 6.08 Å². The number of methoxy groups -OCH3 is 1. The molecular formula is C20H18N2O4. The van der Waals surface area contributed by atoms with Crippen molar-refractivity contribution >= 4 is 23.6 Å². The first-order chi connectivity index (χ1) is 12.5. The molecule has 0 aliphatic rings. The SMILES string of the molecule is COc1ccc(/C=C(\C#N)C(=O)OCC(=O)N(C)c2ccccc2)cc1. The molecule has 0 heterocycles. The topological polar surface area (TPSA) is 79.6 Å². The van der Waals surface area contributed by atoms with E-state index < -0.39 is 18.5 Å². The molecule has 0 N–H and O–H groups in total. The van der Waals surface area contributed by atoms with Gasteiger partial charge in [0.1, 0.15) is 17.4 Å². The zero-order valence-corrected chi connectivity index (χ0v) is 14.5. The zero-order chi connectivity index (χ0) is 18.9. The van der Waals surface area contributed by atoms with Gasteiger partial charge in [-0.1, -0.05) is 30.3 Å². The molecule has 2 aromatic rings. The molecule has 1 amide bonds. The molecule has 2 rings (SSSR count). The Labute approximate surface area is 151 Å². The highest BCUT2D eigenvalue weighted by atomic mass is 16.5. The van der Waals surface area contributed by atoms with Crippen molar-refractivity contribution in [2.24, 2.45) is 0 Å². The van der Waals surface area contributed by atoms with Crippen LogP contribution in [-0.2, 0) is 14.3 Å². The number of nitriles is 1. The predicted molar refractivity (Wildman–Crippen MR) is 97.4 cm³/mol. The number of likely N-dealkylation sites (N-methyl/N-ethyl adjacent to an activating group) is 1. The van der Waals surface area contributed by atoms with E-state index in [-0.39, 0.29) is 5.57 Å². The molecule has 0 bridgehead atoms. The van der Waals surface area contributed by atoms with Crippen LogP contribution in [0.1, 0.15) is 5.56 Å². The number of esters is 1. The minimum absolute atomic E-state index is 0.190. The summed E-state index contributed by atoms with van der Waals surface area (Å²) in [6, 6.07) is 17.6. The van der Waals surface area contributed by atoms with Crippen molar-refractivity contribution < 1.29 is 19.1 Å². The summed E-state index contributed by atoms with van der Waals surface area (Å²) in [4.78, 5) is 25.6. The summed E-state index contributed by atoms with van der Waals surface area (Å²) >= 11 is 0. The van der Waals surface area contributed by atoms with Crippen LogP contribution in [0, 0.1) is 11.3 Å². The minimum Gasteiger partial charge on any atom is -0.497 e. The van der Waals surface area contributed by atoms with Crippen LogP contribution in [0.2, 0.25) is 0 Å². The highest BCUT2D eigenvalue weighted by molar-refractivity contribution is 6.00. The van der Waals surface area contributed by atoms with E-state index >= 15 is 0 Å². The maximum Gasteiger partial charge on any atom is 0.349 e. The number of para-hydroxylation sites is 1. The maximum atomic E-state index is 12.1. The summed E-state index contributed by atoms with van der Waals surface area (Å²) in [5, 5.41) is 9.17. The first-order valence-electron chi connectivity index (χ1n) is 7.79. The number of carbonyl (C=O) groups is 2. The third-order valence-corrected chi connectivity index (χ3v) is 3.61. The molecule has 0 unspecified atom stereocenters. The van der Waals surface area contributed by atoms with Gasteiger partial charge < -0.3 is 14.4 Å². The number of ether oxygens (including phenoxy) is 2. The Kier molecular flexibility index (Phi) is 6.52. The fraction of sp³-hybridized carbons (Fsp3) is 0.150. The van der Waals surface area contributed by atoms with E-state index in [1.165, 1.54) is 11.0 Å². The lowest BCUT2D eigenvalue weighted by Gasteiger charge is -2.16. The average Bonchev–Trinajstić information content (AvgIpc) is 2.70. The van der Waals surface area contributed by atoms with Crippen molar-refractivity contribution in [1.82, 2.24) is 0 Å². The van der Waals surface area contributed by atoms with Gasteiger partial charge in [0.05, 0.1) is 7.11 Å². The van der Waals surface area contributed by atoms with Crippen LogP contribution in [0.5, 0.6) is 5.75 Å². The second-order valence-electron chi connectivity index (χ2n) is 5.31. The van der Waals surface area contributed by atoms with Crippen molar-refractivity contribution in [3.05, 3.63) is 65.7 Å². The van der Waals surface area contributed by atoms with Gasteiger partial charge >= 0.3 is 5.97 Å². The fourth-order valence-electron chi connectivity index (χ4n) is 2.10. The molecule has 132 valence electrons. The maximum absolute atomic E-state index is 12.1. The number of carbonyl (C=O) groups excluding carboxylic acids is 2. The second-order valence-corrected chi connectivity index (χ2v) is 5.31. The number of benzene rings is 2. The van der Waals surface area contributed by atoms with Gasteiger partial charge in [0, 0.05) is 12.7 Å². The summed E-state index contributed by atoms with van der Waals surface area (Å²) < 4.78 is 10.0. The molecule has 0 saturated carbocycles. The Morgan fingerprint density at radius 1 is 1.12 bits per heavy atom. The van der Waals surface area contributed by atoms with Crippen molar-refractivity contribution in [3.8, 4) is 11.8 Å². The average molecular weight is 350 g/mol. The Hall–Kier alpha value is -3.59. The zero-order valence-electron chi connectivity index (χ0n) is 14.5. The monoisotopic (exact) mass is 350 g/mol. The van der Waals surface area contributed by atoms with Gasteiger partial charge in [-0.3, -0.25) is 4.79 Å². The number of hydrogen-bond donors (Lipinski definition) is 0. The van der Waals surface area contributed by atoms with Crippen LogP contribution >= 0.6 is 0 Å². The van der Waals surface area contributed by atoms with Crippen LogP contribution in [0.3, 0.4) is 0 Å². The minimum atomic E-state index is -0.849. The standard InChI is InChI=1S/C20H18N2O4/c1-22(17-6-4-3-5-7-17)19(23)14-26-20(24)16(13-21)12-15-8-10-18(25-2)11-9-15/h3-12H,14H2,1-2H3/b16-12+. The molecule has 0 spiro atoms. The third-order valence-electron chi connectivity index (χ3n) is 3.61. The molecule has 0 radical (unpaired) electrons. The van der Waals surface area contributed by atoms with E-state index in [0.717, 1.165) is 0 Å². The molecule has 26 heavy (non-hydrogen) atoms. The van der Waals surface area contributed by atoms with Gasteiger partial charge in [-0.15, -0.1) is 0 Å². The normalized spacial score (nSPS) is 10.6. The first-order valence-corrected chi connectivity index (χ1v) is 7.79. The van der Waals surface area contributed by atoms with Gasteiger partial charge in [0.25, 0.3) is 5.91 Å². The van der Waals surface area contributed by atoms with Crippen LogP contribution in [0.15, 0.2) is 60.2 Å². The molecule has 0 fully saturated rings. The number of nitrogens with zero attached hydrogens (tertiary/aromatic N) is 2. The Morgan fingerprint density at radius 2 is 1.77 bits per heavy atom. The first kappa shape index (κ1) is 18.7. The Balaban J connectivity index is 1.99. The predicted octanol–water partition coefficient (Wildman–Crippen LogP) is 2.81. The van der Waals surface area contributed by atoms with E-state index in [1.807, 2.05) is 6.07 Å². The van der Waals surface area contributed by atoms with Crippen molar-refractivity contribution in [2.45, 2.75) is 0 Å². The van der Waals surface area contributed by atoms with Crippen LogP contribution in [-0.4, -0.2) is 32.6 Å². The lowest BCUT2D eigenvalue weighted by Crippen LogP contribution is -2.31. The molecule has 0 aromatic heterocycles. The number of rotatable bonds is 6. The summed E-state index contributed by atoms with van der Waals surface area (Å²) in [5.74, 6) is -0.581.